The van der Waals surface area contributed by atoms with Gasteiger partial charge in [0.1, 0.15) is 0 Å². The van der Waals surface area contributed by atoms with Crippen LogP contribution in [0.3, 0.4) is 0 Å². The zero-order valence-electron chi connectivity index (χ0n) is 15.9. The van der Waals surface area contributed by atoms with E-state index in [0.717, 1.165) is 62.2 Å². The molecule has 1 aromatic heterocycles. The summed E-state index contributed by atoms with van der Waals surface area (Å²) in [5, 5.41) is 5.45. The van der Waals surface area contributed by atoms with Gasteiger partial charge in [0.05, 0.1) is 0 Å². The van der Waals surface area contributed by atoms with Gasteiger partial charge in [-0.05, 0) is 43.5 Å². The Kier molecular flexibility index (Phi) is 5.69. The Morgan fingerprint density at radius 3 is 3.00 bits per heavy atom. The third-order valence-corrected chi connectivity index (χ3v) is 5.77. The molecule has 144 valence electrons. The molecule has 3 heterocycles. The van der Waals surface area contributed by atoms with Crippen molar-refractivity contribution >= 4 is 28.5 Å². The first-order valence-electron chi connectivity index (χ1n) is 9.92. The standard InChI is InChI=1S/C21H28ClN5/c1-2-23-21(27-12-8-18(15-27)26-10-3-4-11-26)24-9-7-16-14-25-20-6-5-17(22)13-19(16)20/h3-6,13-14,18,25H,2,7-12,15H2,1H3,(H,23,24). The summed E-state index contributed by atoms with van der Waals surface area (Å²) in [5.74, 6) is 1.05. The molecule has 1 saturated heterocycles. The summed E-state index contributed by atoms with van der Waals surface area (Å²) in [6.07, 6.45) is 8.75. The molecule has 4 rings (SSSR count). The highest BCUT2D eigenvalue weighted by Gasteiger charge is 2.29. The van der Waals surface area contributed by atoms with Crippen molar-refractivity contribution < 1.29 is 0 Å². The van der Waals surface area contributed by atoms with E-state index in [1.54, 1.807) is 0 Å². The number of nitrogens with zero attached hydrogens (tertiary/aromatic N) is 3. The van der Waals surface area contributed by atoms with Gasteiger partial charge in [0.15, 0.2) is 5.96 Å². The number of aromatic nitrogens is 1. The first kappa shape index (κ1) is 18.4. The molecule has 27 heavy (non-hydrogen) atoms. The van der Waals surface area contributed by atoms with Crippen LogP contribution < -0.4 is 5.32 Å². The molecular weight excluding hydrogens is 358 g/mol. The molecule has 0 amide bonds. The lowest BCUT2D eigenvalue weighted by Gasteiger charge is -2.25. The van der Waals surface area contributed by atoms with Crippen LogP contribution >= 0.6 is 11.6 Å². The summed E-state index contributed by atoms with van der Waals surface area (Å²) in [6, 6.07) is 6.63. The van der Waals surface area contributed by atoms with E-state index in [1.165, 1.54) is 17.4 Å². The van der Waals surface area contributed by atoms with Gasteiger partial charge in [-0.3, -0.25) is 9.89 Å². The summed E-state index contributed by atoms with van der Waals surface area (Å²) < 4.78 is 0. The number of H-pyrrole nitrogens is 1. The van der Waals surface area contributed by atoms with Gasteiger partial charge in [0.25, 0.3) is 0 Å². The number of benzene rings is 1. The fourth-order valence-corrected chi connectivity index (χ4v) is 4.26. The molecule has 2 aliphatic rings. The second-order valence-corrected chi connectivity index (χ2v) is 7.74. The fraction of sp³-hybridized carbons (Fsp3) is 0.476. The Labute approximate surface area is 166 Å². The fourth-order valence-electron chi connectivity index (χ4n) is 4.09. The van der Waals surface area contributed by atoms with Crippen molar-refractivity contribution in [1.82, 2.24) is 20.1 Å². The summed E-state index contributed by atoms with van der Waals surface area (Å²) >= 11 is 6.16. The number of nitrogens with one attached hydrogen (secondary N) is 2. The summed E-state index contributed by atoms with van der Waals surface area (Å²) in [5.41, 5.74) is 2.40. The second kappa shape index (κ2) is 8.36. The third kappa shape index (κ3) is 4.14. The maximum absolute atomic E-state index is 6.16. The lowest BCUT2D eigenvalue weighted by Crippen LogP contribution is -2.43. The van der Waals surface area contributed by atoms with Crippen molar-refractivity contribution in [2.45, 2.75) is 25.8 Å². The zero-order valence-corrected chi connectivity index (χ0v) is 16.7. The molecule has 2 aromatic rings. The number of hydrogen-bond acceptors (Lipinski definition) is 2. The Morgan fingerprint density at radius 2 is 2.19 bits per heavy atom. The normalized spacial score (nSPS) is 20.9. The molecule has 1 fully saturated rings. The van der Waals surface area contributed by atoms with Crippen LogP contribution in [-0.4, -0.2) is 66.1 Å². The van der Waals surface area contributed by atoms with Crippen molar-refractivity contribution in [2.75, 3.05) is 39.3 Å². The molecule has 2 N–H and O–H groups in total. The smallest absolute Gasteiger partial charge is 0.193 e. The maximum atomic E-state index is 6.16. The van der Waals surface area contributed by atoms with E-state index < -0.39 is 0 Å². The van der Waals surface area contributed by atoms with Crippen LogP contribution in [0.1, 0.15) is 18.9 Å². The largest absolute Gasteiger partial charge is 0.361 e. The van der Waals surface area contributed by atoms with Gasteiger partial charge < -0.3 is 15.2 Å². The number of aromatic amines is 1. The predicted molar refractivity (Wildman–Crippen MR) is 114 cm³/mol. The molecule has 6 heteroatoms. The van der Waals surface area contributed by atoms with Crippen molar-refractivity contribution in [3.05, 3.63) is 47.1 Å². The maximum Gasteiger partial charge on any atom is 0.193 e. The molecule has 1 aromatic carbocycles. The molecule has 2 aliphatic heterocycles. The molecule has 0 bridgehead atoms. The SMILES string of the molecule is CCNC(=NCCc1c[nH]c2ccc(Cl)cc12)N1CCC(N2CC=CC2)C1. The van der Waals surface area contributed by atoms with Crippen LogP contribution in [0.5, 0.6) is 0 Å². The molecule has 0 saturated carbocycles. The van der Waals surface area contributed by atoms with Crippen molar-refractivity contribution in [1.29, 1.82) is 0 Å². The molecule has 1 atom stereocenters. The van der Waals surface area contributed by atoms with Crippen LogP contribution in [-0.2, 0) is 6.42 Å². The monoisotopic (exact) mass is 385 g/mol. The topological polar surface area (TPSA) is 46.7 Å². The van der Waals surface area contributed by atoms with Gasteiger partial charge in [-0.2, -0.15) is 0 Å². The molecular formula is C21H28ClN5. The van der Waals surface area contributed by atoms with Gasteiger partial charge in [-0.1, -0.05) is 23.8 Å². The van der Waals surface area contributed by atoms with Crippen molar-refractivity contribution in [2.24, 2.45) is 4.99 Å². The number of guanidine groups is 1. The van der Waals surface area contributed by atoms with Gasteiger partial charge in [-0.25, -0.2) is 0 Å². The minimum absolute atomic E-state index is 0.639. The van der Waals surface area contributed by atoms with Gasteiger partial charge in [0.2, 0.25) is 0 Å². The van der Waals surface area contributed by atoms with Gasteiger partial charge in [0, 0.05) is 67.4 Å². The first-order valence-corrected chi connectivity index (χ1v) is 10.3. The number of hydrogen-bond donors (Lipinski definition) is 2. The van der Waals surface area contributed by atoms with Gasteiger partial charge in [-0.15, -0.1) is 0 Å². The number of halogens is 1. The lowest BCUT2D eigenvalue weighted by atomic mass is 10.1. The Hall–Kier alpha value is -1.98. The van der Waals surface area contributed by atoms with Gasteiger partial charge >= 0.3 is 0 Å². The van der Waals surface area contributed by atoms with Crippen LogP contribution in [0, 0.1) is 0 Å². The highest BCUT2D eigenvalue weighted by Crippen LogP contribution is 2.23. The predicted octanol–water partition coefficient (Wildman–Crippen LogP) is 3.28. The number of rotatable bonds is 5. The van der Waals surface area contributed by atoms with E-state index >= 15 is 0 Å². The molecule has 5 nitrogen and oxygen atoms in total. The van der Waals surface area contributed by atoms with Crippen molar-refractivity contribution in [3.63, 3.8) is 0 Å². The molecule has 0 aliphatic carbocycles. The average Bonchev–Trinajstić information content (AvgIpc) is 3.41. The summed E-state index contributed by atoms with van der Waals surface area (Å²) in [7, 11) is 0. The molecule has 0 spiro atoms. The van der Waals surface area contributed by atoms with E-state index in [0.29, 0.717) is 6.04 Å². The quantitative estimate of drug-likeness (QED) is 0.471. The minimum atomic E-state index is 0.639. The van der Waals surface area contributed by atoms with E-state index in [1.807, 2.05) is 18.2 Å². The Balaban J connectivity index is 1.39. The van der Waals surface area contributed by atoms with Crippen LogP contribution in [0.25, 0.3) is 10.9 Å². The van der Waals surface area contributed by atoms with Crippen LogP contribution in [0.4, 0.5) is 0 Å². The minimum Gasteiger partial charge on any atom is -0.361 e. The lowest BCUT2D eigenvalue weighted by molar-refractivity contribution is 0.259. The highest BCUT2D eigenvalue weighted by atomic mass is 35.5. The second-order valence-electron chi connectivity index (χ2n) is 7.30. The van der Waals surface area contributed by atoms with Crippen LogP contribution in [0.2, 0.25) is 5.02 Å². The number of fused-ring (bicyclic) bond motifs is 1. The van der Waals surface area contributed by atoms with E-state index in [9.17, 15) is 0 Å². The van der Waals surface area contributed by atoms with E-state index in [2.05, 4.69) is 45.4 Å². The number of aliphatic imine (C=N–C) groups is 1. The molecule has 1 unspecified atom stereocenters. The first-order chi connectivity index (χ1) is 13.2. The Morgan fingerprint density at radius 1 is 1.33 bits per heavy atom. The van der Waals surface area contributed by atoms with Crippen molar-refractivity contribution in [3.8, 4) is 0 Å². The molecule has 0 radical (unpaired) electrons. The number of likely N-dealkylation sites (tertiary alicyclic amines) is 1. The van der Waals surface area contributed by atoms with E-state index in [-0.39, 0.29) is 0 Å². The average molecular weight is 386 g/mol. The Bertz CT molecular complexity index is 832. The third-order valence-electron chi connectivity index (χ3n) is 5.53. The summed E-state index contributed by atoms with van der Waals surface area (Å²) in [4.78, 5) is 13.2. The zero-order chi connectivity index (χ0) is 18.6. The van der Waals surface area contributed by atoms with E-state index in [4.69, 9.17) is 16.6 Å². The highest BCUT2D eigenvalue weighted by molar-refractivity contribution is 6.31. The summed E-state index contributed by atoms with van der Waals surface area (Å²) in [6.45, 7) is 8.13. The van der Waals surface area contributed by atoms with Crippen LogP contribution in [0.15, 0.2) is 41.5 Å².